The highest BCUT2D eigenvalue weighted by molar-refractivity contribution is 5.63. The highest BCUT2D eigenvalue weighted by Gasteiger charge is 2.23. The van der Waals surface area contributed by atoms with Crippen molar-refractivity contribution in [2.45, 2.75) is 19.4 Å². The summed E-state index contributed by atoms with van der Waals surface area (Å²) in [6.45, 7) is 4.92. The molecule has 0 bridgehead atoms. The van der Waals surface area contributed by atoms with Crippen LogP contribution in [0.5, 0.6) is 5.75 Å². The second-order valence-electron chi connectivity index (χ2n) is 5.20. The summed E-state index contributed by atoms with van der Waals surface area (Å²) in [6, 6.07) is 3.30. The predicted octanol–water partition coefficient (Wildman–Crippen LogP) is 1.95. The predicted molar refractivity (Wildman–Crippen MR) is 76.3 cm³/mol. The number of methoxy groups -OCH3 is 1. The van der Waals surface area contributed by atoms with Crippen LogP contribution in [0.4, 0.5) is 15.8 Å². The maximum absolute atomic E-state index is 14.2. The molecule has 0 spiro atoms. The SMILES string of the molecule is COc1cc(N2CCCN(C)CC2C)c(F)cc1N. The number of halogens is 1. The molecule has 1 aliphatic heterocycles. The summed E-state index contributed by atoms with van der Waals surface area (Å²) in [5, 5.41) is 0. The van der Waals surface area contributed by atoms with Crippen LogP contribution in [0.3, 0.4) is 0 Å². The Morgan fingerprint density at radius 1 is 1.37 bits per heavy atom. The van der Waals surface area contributed by atoms with Crippen molar-refractivity contribution in [2.24, 2.45) is 0 Å². The van der Waals surface area contributed by atoms with E-state index in [1.54, 1.807) is 13.2 Å². The van der Waals surface area contributed by atoms with Crippen LogP contribution in [0, 0.1) is 5.82 Å². The molecule has 1 aromatic rings. The van der Waals surface area contributed by atoms with Crippen molar-refractivity contribution in [3.8, 4) is 5.75 Å². The van der Waals surface area contributed by atoms with Crippen LogP contribution in [0.25, 0.3) is 0 Å². The summed E-state index contributed by atoms with van der Waals surface area (Å²) >= 11 is 0. The van der Waals surface area contributed by atoms with Gasteiger partial charge in [-0.1, -0.05) is 0 Å². The Balaban J connectivity index is 2.34. The first-order valence-electron chi connectivity index (χ1n) is 6.61. The van der Waals surface area contributed by atoms with E-state index in [-0.39, 0.29) is 11.9 Å². The number of nitrogens with zero attached hydrogens (tertiary/aromatic N) is 2. The number of nitrogen functional groups attached to an aromatic ring is 1. The number of hydrogen-bond donors (Lipinski definition) is 1. The molecule has 5 heteroatoms. The van der Waals surface area contributed by atoms with Crippen molar-refractivity contribution in [2.75, 3.05) is 44.4 Å². The van der Waals surface area contributed by atoms with Crippen molar-refractivity contribution in [1.29, 1.82) is 0 Å². The maximum Gasteiger partial charge on any atom is 0.148 e. The third-order valence-electron chi connectivity index (χ3n) is 3.66. The van der Waals surface area contributed by atoms with Crippen LogP contribution in [0.15, 0.2) is 12.1 Å². The number of likely N-dealkylation sites (N-methyl/N-ethyl adjacent to an activating group) is 1. The summed E-state index contributed by atoms with van der Waals surface area (Å²) in [5.41, 5.74) is 6.64. The molecule has 19 heavy (non-hydrogen) atoms. The highest BCUT2D eigenvalue weighted by Crippen LogP contribution is 2.32. The smallest absolute Gasteiger partial charge is 0.148 e. The van der Waals surface area contributed by atoms with Crippen LogP contribution in [0.1, 0.15) is 13.3 Å². The fraction of sp³-hybridized carbons (Fsp3) is 0.571. The second-order valence-corrected chi connectivity index (χ2v) is 5.20. The van der Waals surface area contributed by atoms with Gasteiger partial charge in [0.15, 0.2) is 0 Å². The number of ether oxygens (including phenoxy) is 1. The van der Waals surface area contributed by atoms with Gasteiger partial charge in [-0.15, -0.1) is 0 Å². The van der Waals surface area contributed by atoms with Crippen LogP contribution in [-0.4, -0.2) is 44.7 Å². The molecule has 0 saturated carbocycles. The molecule has 2 rings (SSSR count). The van der Waals surface area contributed by atoms with Crippen LogP contribution in [-0.2, 0) is 0 Å². The fourth-order valence-corrected chi connectivity index (χ4v) is 2.69. The molecule has 0 aromatic heterocycles. The van der Waals surface area contributed by atoms with Gasteiger partial charge in [0, 0.05) is 31.3 Å². The largest absolute Gasteiger partial charge is 0.495 e. The molecule has 1 fully saturated rings. The lowest BCUT2D eigenvalue weighted by atomic mass is 10.2. The summed E-state index contributed by atoms with van der Waals surface area (Å²) < 4.78 is 19.4. The van der Waals surface area contributed by atoms with Gasteiger partial charge in [0.25, 0.3) is 0 Å². The average Bonchev–Trinajstić information content (AvgIpc) is 2.51. The first-order valence-corrected chi connectivity index (χ1v) is 6.61. The van der Waals surface area contributed by atoms with Gasteiger partial charge in [0.1, 0.15) is 11.6 Å². The number of rotatable bonds is 2. The van der Waals surface area contributed by atoms with Gasteiger partial charge in [-0.2, -0.15) is 0 Å². The molecule has 0 aliphatic carbocycles. The highest BCUT2D eigenvalue weighted by atomic mass is 19.1. The van der Waals surface area contributed by atoms with E-state index in [2.05, 4.69) is 23.8 Å². The van der Waals surface area contributed by atoms with E-state index in [4.69, 9.17) is 10.5 Å². The van der Waals surface area contributed by atoms with Crippen molar-refractivity contribution in [3.63, 3.8) is 0 Å². The number of anilines is 2. The van der Waals surface area contributed by atoms with E-state index in [1.165, 1.54) is 6.07 Å². The van der Waals surface area contributed by atoms with E-state index in [9.17, 15) is 4.39 Å². The Morgan fingerprint density at radius 3 is 2.79 bits per heavy atom. The van der Waals surface area contributed by atoms with Crippen LogP contribution in [0.2, 0.25) is 0 Å². The zero-order valence-corrected chi connectivity index (χ0v) is 11.8. The van der Waals surface area contributed by atoms with E-state index in [1.807, 2.05) is 0 Å². The van der Waals surface area contributed by atoms with Gasteiger partial charge in [-0.05, 0) is 26.9 Å². The minimum Gasteiger partial charge on any atom is -0.495 e. The second kappa shape index (κ2) is 5.65. The molecule has 1 atom stereocenters. The number of benzene rings is 1. The standard InChI is InChI=1S/C14H22FN3O/c1-10-9-17(2)5-4-6-18(10)13-8-14(19-3)12(16)7-11(13)15/h7-8,10H,4-6,9,16H2,1-3H3. The molecule has 1 aromatic carbocycles. The Labute approximate surface area is 113 Å². The summed E-state index contributed by atoms with van der Waals surface area (Å²) in [4.78, 5) is 4.37. The molecule has 0 amide bonds. The third-order valence-corrected chi connectivity index (χ3v) is 3.66. The van der Waals surface area contributed by atoms with Crippen molar-refractivity contribution < 1.29 is 9.13 Å². The van der Waals surface area contributed by atoms with Gasteiger partial charge in [-0.3, -0.25) is 0 Å². The van der Waals surface area contributed by atoms with Gasteiger partial charge < -0.3 is 20.3 Å². The Morgan fingerprint density at radius 2 is 2.11 bits per heavy atom. The molecular formula is C14H22FN3O. The molecule has 2 N–H and O–H groups in total. The topological polar surface area (TPSA) is 41.7 Å². The molecule has 106 valence electrons. The van der Waals surface area contributed by atoms with Crippen molar-refractivity contribution >= 4 is 11.4 Å². The van der Waals surface area contributed by atoms with E-state index in [0.717, 1.165) is 26.1 Å². The van der Waals surface area contributed by atoms with Crippen LogP contribution < -0.4 is 15.4 Å². The molecule has 4 nitrogen and oxygen atoms in total. The summed E-state index contributed by atoms with van der Waals surface area (Å²) in [7, 11) is 3.65. The molecule has 1 aliphatic rings. The van der Waals surface area contributed by atoms with Gasteiger partial charge in [0.05, 0.1) is 18.5 Å². The maximum atomic E-state index is 14.2. The lowest BCUT2D eigenvalue weighted by Crippen LogP contribution is -2.38. The molecular weight excluding hydrogens is 245 g/mol. The van der Waals surface area contributed by atoms with E-state index >= 15 is 0 Å². The lowest BCUT2D eigenvalue weighted by molar-refractivity contribution is 0.337. The van der Waals surface area contributed by atoms with E-state index < -0.39 is 0 Å². The zero-order chi connectivity index (χ0) is 14.0. The van der Waals surface area contributed by atoms with Crippen molar-refractivity contribution in [3.05, 3.63) is 17.9 Å². The third kappa shape index (κ3) is 2.92. The van der Waals surface area contributed by atoms with E-state index in [0.29, 0.717) is 17.1 Å². The first-order chi connectivity index (χ1) is 9.02. The quantitative estimate of drug-likeness (QED) is 0.832. The molecule has 0 radical (unpaired) electrons. The number of hydrogen-bond acceptors (Lipinski definition) is 4. The minimum atomic E-state index is -0.283. The monoisotopic (exact) mass is 267 g/mol. The normalized spacial score (nSPS) is 21.3. The molecule has 1 unspecified atom stereocenters. The first kappa shape index (κ1) is 13.9. The Hall–Kier alpha value is -1.49. The molecule has 1 heterocycles. The van der Waals surface area contributed by atoms with Crippen LogP contribution >= 0.6 is 0 Å². The Kier molecular flexibility index (Phi) is 4.14. The van der Waals surface area contributed by atoms with Gasteiger partial charge in [0.2, 0.25) is 0 Å². The Bertz CT molecular complexity index is 453. The molecule has 1 saturated heterocycles. The lowest BCUT2D eigenvalue weighted by Gasteiger charge is -2.30. The minimum absolute atomic E-state index is 0.260. The van der Waals surface area contributed by atoms with Gasteiger partial charge >= 0.3 is 0 Å². The zero-order valence-electron chi connectivity index (χ0n) is 11.8. The number of nitrogens with two attached hydrogens (primary N) is 1. The fourth-order valence-electron chi connectivity index (χ4n) is 2.69. The average molecular weight is 267 g/mol. The summed E-state index contributed by atoms with van der Waals surface area (Å²) in [6.07, 6.45) is 1.02. The van der Waals surface area contributed by atoms with Crippen molar-refractivity contribution in [1.82, 2.24) is 4.90 Å². The summed E-state index contributed by atoms with van der Waals surface area (Å²) in [5.74, 6) is 0.246. The van der Waals surface area contributed by atoms with Gasteiger partial charge in [-0.25, -0.2) is 4.39 Å².